The van der Waals surface area contributed by atoms with Gasteiger partial charge in [-0.2, -0.15) is 4.98 Å². The quantitative estimate of drug-likeness (QED) is 0.663. The molecule has 1 aliphatic rings. The van der Waals surface area contributed by atoms with Gasteiger partial charge in [0.25, 0.3) is 5.88 Å². The molecule has 1 aromatic rings. The molecule has 21 heavy (non-hydrogen) atoms. The van der Waals surface area contributed by atoms with Gasteiger partial charge in [-0.1, -0.05) is 13.3 Å². The van der Waals surface area contributed by atoms with Gasteiger partial charge in [-0.3, -0.25) is 10.1 Å². The molecule has 0 amide bonds. The van der Waals surface area contributed by atoms with E-state index in [1.54, 1.807) is 6.92 Å². The van der Waals surface area contributed by atoms with Crippen LogP contribution >= 0.6 is 0 Å². The normalized spacial score (nSPS) is 21.9. The van der Waals surface area contributed by atoms with Crippen LogP contribution in [0.4, 0.5) is 11.6 Å². The minimum absolute atomic E-state index is 0.0128. The Morgan fingerprint density at radius 3 is 2.71 bits per heavy atom. The van der Waals surface area contributed by atoms with Crippen molar-refractivity contribution < 1.29 is 9.66 Å². The SMILES string of the molecule is CCNc1nc(C)c([N+](=O)[O-])c(OC2CCCCC2C)n1. The highest BCUT2D eigenvalue weighted by molar-refractivity contribution is 5.48. The Hall–Kier alpha value is -1.92. The van der Waals surface area contributed by atoms with Gasteiger partial charge in [0, 0.05) is 6.54 Å². The molecule has 0 aromatic carbocycles. The van der Waals surface area contributed by atoms with Crippen LogP contribution in [0.2, 0.25) is 0 Å². The van der Waals surface area contributed by atoms with Crippen molar-refractivity contribution in [2.24, 2.45) is 5.92 Å². The van der Waals surface area contributed by atoms with E-state index in [9.17, 15) is 10.1 Å². The maximum atomic E-state index is 11.3. The molecule has 0 aliphatic heterocycles. The molecule has 2 atom stereocenters. The molecule has 7 heteroatoms. The number of hydrogen-bond acceptors (Lipinski definition) is 6. The van der Waals surface area contributed by atoms with E-state index in [0.717, 1.165) is 19.3 Å². The summed E-state index contributed by atoms with van der Waals surface area (Å²) in [5.74, 6) is 0.845. The highest BCUT2D eigenvalue weighted by atomic mass is 16.6. The Morgan fingerprint density at radius 1 is 1.38 bits per heavy atom. The summed E-state index contributed by atoms with van der Waals surface area (Å²) in [6, 6.07) is 0. The van der Waals surface area contributed by atoms with Crippen molar-refractivity contribution in [2.75, 3.05) is 11.9 Å². The van der Waals surface area contributed by atoms with Crippen LogP contribution in [0.25, 0.3) is 0 Å². The van der Waals surface area contributed by atoms with Crippen LogP contribution in [0.1, 0.15) is 45.2 Å². The smallest absolute Gasteiger partial charge is 0.352 e. The largest absolute Gasteiger partial charge is 0.469 e. The van der Waals surface area contributed by atoms with E-state index in [4.69, 9.17) is 4.74 Å². The highest BCUT2D eigenvalue weighted by Gasteiger charge is 2.29. The Balaban J connectivity index is 2.32. The van der Waals surface area contributed by atoms with E-state index in [2.05, 4.69) is 22.2 Å². The first kappa shape index (κ1) is 15.5. The predicted molar refractivity (Wildman–Crippen MR) is 79.6 cm³/mol. The van der Waals surface area contributed by atoms with E-state index in [1.807, 2.05) is 6.92 Å². The maximum absolute atomic E-state index is 11.3. The fraction of sp³-hybridized carbons (Fsp3) is 0.714. The Bertz CT molecular complexity index is 521. The molecule has 1 fully saturated rings. The third kappa shape index (κ3) is 3.59. The molecular formula is C14H22N4O3. The number of anilines is 1. The van der Waals surface area contributed by atoms with Crippen molar-refractivity contribution in [3.63, 3.8) is 0 Å². The number of hydrogen-bond donors (Lipinski definition) is 1. The van der Waals surface area contributed by atoms with Gasteiger partial charge in [-0.15, -0.1) is 0 Å². The number of rotatable bonds is 5. The predicted octanol–water partition coefficient (Wildman–Crippen LogP) is 3.08. The second-order valence-electron chi connectivity index (χ2n) is 5.49. The summed E-state index contributed by atoms with van der Waals surface area (Å²) in [7, 11) is 0. The summed E-state index contributed by atoms with van der Waals surface area (Å²) >= 11 is 0. The van der Waals surface area contributed by atoms with Crippen molar-refractivity contribution >= 4 is 11.6 Å². The van der Waals surface area contributed by atoms with Crippen molar-refractivity contribution in [3.8, 4) is 5.88 Å². The van der Waals surface area contributed by atoms with Gasteiger partial charge in [0.05, 0.1) is 4.92 Å². The third-order valence-corrected chi connectivity index (χ3v) is 3.84. The van der Waals surface area contributed by atoms with Gasteiger partial charge in [0.2, 0.25) is 5.95 Å². The lowest BCUT2D eigenvalue weighted by Gasteiger charge is -2.28. The first-order valence-electron chi connectivity index (χ1n) is 7.46. The molecule has 0 spiro atoms. The molecule has 0 saturated heterocycles. The number of ether oxygens (including phenoxy) is 1. The zero-order valence-corrected chi connectivity index (χ0v) is 12.8. The molecule has 7 nitrogen and oxygen atoms in total. The van der Waals surface area contributed by atoms with Crippen LogP contribution in [0.5, 0.6) is 5.88 Å². The number of nitrogens with zero attached hydrogens (tertiary/aromatic N) is 3. The van der Waals surface area contributed by atoms with Gasteiger partial charge in [-0.25, -0.2) is 4.98 Å². The zero-order chi connectivity index (χ0) is 15.4. The maximum Gasteiger partial charge on any atom is 0.352 e. The first-order chi connectivity index (χ1) is 10.0. The molecule has 1 N–H and O–H groups in total. The lowest BCUT2D eigenvalue weighted by atomic mass is 9.88. The Kier molecular flexibility index (Phi) is 4.93. The summed E-state index contributed by atoms with van der Waals surface area (Å²) in [5.41, 5.74) is 0.193. The fourth-order valence-corrected chi connectivity index (χ4v) is 2.67. The zero-order valence-electron chi connectivity index (χ0n) is 12.8. The van der Waals surface area contributed by atoms with E-state index in [0.29, 0.717) is 24.1 Å². The van der Waals surface area contributed by atoms with Crippen LogP contribution < -0.4 is 10.1 Å². The molecule has 1 heterocycles. The Morgan fingerprint density at radius 2 is 2.10 bits per heavy atom. The molecule has 1 aromatic heterocycles. The standard InChI is InChI=1S/C14H22N4O3/c1-4-15-14-16-10(3)12(18(19)20)13(17-14)21-11-8-6-5-7-9(11)2/h9,11H,4-8H2,1-3H3,(H,15,16,17). The van der Waals surface area contributed by atoms with Gasteiger partial charge in [0.1, 0.15) is 11.8 Å². The molecule has 1 saturated carbocycles. The first-order valence-corrected chi connectivity index (χ1v) is 7.46. The second-order valence-corrected chi connectivity index (χ2v) is 5.49. The monoisotopic (exact) mass is 294 g/mol. The fourth-order valence-electron chi connectivity index (χ4n) is 2.67. The van der Waals surface area contributed by atoms with Crippen LogP contribution in [-0.4, -0.2) is 27.5 Å². The summed E-state index contributed by atoms with van der Waals surface area (Å²) < 4.78 is 5.90. The second kappa shape index (κ2) is 6.69. The molecular weight excluding hydrogens is 272 g/mol. The van der Waals surface area contributed by atoms with Crippen molar-refractivity contribution in [2.45, 2.75) is 52.6 Å². The summed E-state index contributed by atoms with van der Waals surface area (Å²) in [6.45, 7) is 6.30. The van der Waals surface area contributed by atoms with Gasteiger partial charge in [0.15, 0.2) is 0 Å². The number of aryl methyl sites for hydroxylation is 1. The topological polar surface area (TPSA) is 90.2 Å². The molecule has 0 bridgehead atoms. The lowest BCUT2D eigenvalue weighted by molar-refractivity contribution is -0.387. The van der Waals surface area contributed by atoms with E-state index in [-0.39, 0.29) is 17.7 Å². The average molecular weight is 294 g/mol. The lowest BCUT2D eigenvalue weighted by Crippen LogP contribution is -2.29. The molecule has 1 aliphatic carbocycles. The summed E-state index contributed by atoms with van der Waals surface area (Å²) in [5, 5.41) is 14.2. The third-order valence-electron chi connectivity index (χ3n) is 3.84. The van der Waals surface area contributed by atoms with Crippen molar-refractivity contribution in [1.29, 1.82) is 0 Å². The number of nitro groups is 1. The highest BCUT2D eigenvalue weighted by Crippen LogP contribution is 2.33. The number of nitrogens with one attached hydrogen (secondary N) is 1. The van der Waals surface area contributed by atoms with Crippen molar-refractivity contribution in [1.82, 2.24) is 9.97 Å². The van der Waals surface area contributed by atoms with E-state index in [1.165, 1.54) is 6.42 Å². The average Bonchev–Trinajstić information content (AvgIpc) is 2.41. The molecule has 0 radical (unpaired) electrons. The van der Waals surface area contributed by atoms with Crippen LogP contribution in [0, 0.1) is 23.0 Å². The van der Waals surface area contributed by atoms with Crippen LogP contribution in [0.3, 0.4) is 0 Å². The minimum Gasteiger partial charge on any atom is -0.469 e. The number of aromatic nitrogens is 2. The van der Waals surface area contributed by atoms with Crippen LogP contribution in [-0.2, 0) is 0 Å². The van der Waals surface area contributed by atoms with E-state index < -0.39 is 4.92 Å². The molecule has 2 rings (SSSR count). The molecule has 2 unspecified atom stereocenters. The van der Waals surface area contributed by atoms with Crippen molar-refractivity contribution in [3.05, 3.63) is 15.8 Å². The summed E-state index contributed by atoms with van der Waals surface area (Å²) in [6.07, 6.45) is 4.27. The van der Waals surface area contributed by atoms with Gasteiger partial charge in [-0.05, 0) is 39.0 Å². The minimum atomic E-state index is -0.464. The van der Waals surface area contributed by atoms with Gasteiger partial charge >= 0.3 is 5.69 Å². The summed E-state index contributed by atoms with van der Waals surface area (Å²) in [4.78, 5) is 19.1. The van der Waals surface area contributed by atoms with E-state index >= 15 is 0 Å². The van der Waals surface area contributed by atoms with Crippen LogP contribution in [0.15, 0.2) is 0 Å². The van der Waals surface area contributed by atoms with Gasteiger partial charge < -0.3 is 10.1 Å². The Labute approximate surface area is 124 Å². The molecule has 116 valence electrons.